The van der Waals surface area contributed by atoms with Crippen molar-refractivity contribution in [3.63, 3.8) is 0 Å². The third-order valence-electron chi connectivity index (χ3n) is 2.60. The van der Waals surface area contributed by atoms with Crippen molar-refractivity contribution in [3.8, 4) is 0 Å². The van der Waals surface area contributed by atoms with Crippen LogP contribution in [0.15, 0.2) is 18.5 Å². The van der Waals surface area contributed by atoms with Gasteiger partial charge in [-0.25, -0.2) is 0 Å². The van der Waals surface area contributed by atoms with Crippen LogP contribution in [-0.4, -0.2) is 28.5 Å². The molecule has 0 radical (unpaired) electrons. The molecule has 0 fully saturated rings. The van der Waals surface area contributed by atoms with Crippen LogP contribution in [0.1, 0.15) is 30.1 Å². The fraction of sp³-hybridized carbons (Fsp3) is 0.417. The number of carboxylic acids is 1. The van der Waals surface area contributed by atoms with Crippen molar-refractivity contribution in [1.29, 1.82) is 0 Å². The van der Waals surface area contributed by atoms with Gasteiger partial charge in [0.1, 0.15) is 0 Å². The summed E-state index contributed by atoms with van der Waals surface area (Å²) in [5.74, 6) is -1.28. The van der Waals surface area contributed by atoms with Gasteiger partial charge < -0.3 is 10.4 Å². The molecule has 0 saturated heterocycles. The second-order valence-corrected chi connectivity index (χ2v) is 4.34. The summed E-state index contributed by atoms with van der Waals surface area (Å²) in [5, 5.41) is 11.7. The van der Waals surface area contributed by atoms with Gasteiger partial charge in [-0.05, 0) is 12.0 Å². The van der Waals surface area contributed by atoms with E-state index in [1.165, 1.54) is 18.5 Å². The van der Waals surface area contributed by atoms with Gasteiger partial charge in [0.05, 0.1) is 10.6 Å². The predicted octanol–water partition coefficient (Wildman–Crippen LogP) is 1.97. The zero-order valence-electron chi connectivity index (χ0n) is 10.0. The Labute approximate surface area is 110 Å². The average molecular weight is 271 g/mol. The smallest absolute Gasteiger partial charge is 0.303 e. The molecule has 1 aromatic rings. The zero-order valence-corrected chi connectivity index (χ0v) is 10.8. The standard InChI is InChI=1S/C12H15ClN2O3/c1-2-8(5-11(16)17)6-15-12(18)9-7-14-4-3-10(9)13/h3-4,7-8H,2,5-6H2,1H3,(H,15,18)(H,16,17). The summed E-state index contributed by atoms with van der Waals surface area (Å²) in [6.45, 7) is 2.20. The Balaban J connectivity index is 2.55. The molecule has 0 bridgehead atoms. The van der Waals surface area contributed by atoms with Gasteiger partial charge in [0.15, 0.2) is 0 Å². The Morgan fingerprint density at radius 3 is 2.83 bits per heavy atom. The summed E-state index contributed by atoms with van der Waals surface area (Å²) in [4.78, 5) is 26.2. The number of halogens is 1. The van der Waals surface area contributed by atoms with Crippen LogP contribution in [0.2, 0.25) is 5.02 Å². The molecule has 0 saturated carbocycles. The number of aromatic nitrogens is 1. The second-order valence-electron chi connectivity index (χ2n) is 3.94. The van der Waals surface area contributed by atoms with Crippen LogP contribution in [0.5, 0.6) is 0 Å². The number of aliphatic carboxylic acids is 1. The molecule has 1 rings (SSSR count). The molecular weight excluding hydrogens is 256 g/mol. The SMILES string of the molecule is CCC(CNC(=O)c1cnccc1Cl)CC(=O)O. The van der Waals surface area contributed by atoms with Crippen molar-refractivity contribution in [1.82, 2.24) is 10.3 Å². The molecule has 1 atom stereocenters. The topological polar surface area (TPSA) is 79.3 Å². The number of carbonyl (C=O) groups excluding carboxylic acids is 1. The van der Waals surface area contributed by atoms with Gasteiger partial charge in [0.25, 0.3) is 5.91 Å². The summed E-state index contributed by atoms with van der Waals surface area (Å²) in [6.07, 6.45) is 3.61. The van der Waals surface area contributed by atoms with Gasteiger partial charge in [-0.3, -0.25) is 14.6 Å². The fourth-order valence-electron chi connectivity index (χ4n) is 1.48. The van der Waals surface area contributed by atoms with Gasteiger partial charge >= 0.3 is 5.97 Å². The number of amides is 1. The lowest BCUT2D eigenvalue weighted by Crippen LogP contribution is -2.30. The number of hydrogen-bond donors (Lipinski definition) is 2. The Bertz CT molecular complexity index is 437. The van der Waals surface area contributed by atoms with Crippen molar-refractivity contribution in [3.05, 3.63) is 29.0 Å². The molecule has 1 unspecified atom stereocenters. The van der Waals surface area contributed by atoms with Gasteiger partial charge in [-0.15, -0.1) is 0 Å². The number of nitrogens with zero attached hydrogens (tertiary/aromatic N) is 1. The van der Waals surface area contributed by atoms with Gasteiger partial charge in [-0.2, -0.15) is 0 Å². The van der Waals surface area contributed by atoms with E-state index < -0.39 is 5.97 Å². The van der Waals surface area contributed by atoms with Crippen LogP contribution >= 0.6 is 11.6 Å². The van der Waals surface area contributed by atoms with E-state index in [4.69, 9.17) is 16.7 Å². The van der Waals surface area contributed by atoms with Crippen molar-refractivity contribution in [2.24, 2.45) is 5.92 Å². The highest BCUT2D eigenvalue weighted by atomic mass is 35.5. The van der Waals surface area contributed by atoms with Crippen LogP contribution in [0, 0.1) is 5.92 Å². The lowest BCUT2D eigenvalue weighted by atomic mass is 10.0. The van der Waals surface area contributed by atoms with E-state index in [0.717, 1.165) is 0 Å². The van der Waals surface area contributed by atoms with Crippen LogP contribution in [0.25, 0.3) is 0 Å². The molecule has 98 valence electrons. The van der Waals surface area contributed by atoms with E-state index in [9.17, 15) is 9.59 Å². The minimum absolute atomic E-state index is 0.0392. The molecule has 1 amide bonds. The lowest BCUT2D eigenvalue weighted by Gasteiger charge is -2.13. The Morgan fingerprint density at radius 2 is 2.28 bits per heavy atom. The minimum Gasteiger partial charge on any atom is -0.481 e. The maximum absolute atomic E-state index is 11.8. The van der Waals surface area contributed by atoms with E-state index in [2.05, 4.69) is 10.3 Å². The van der Waals surface area contributed by atoms with Gasteiger partial charge in [-0.1, -0.05) is 24.9 Å². The first-order valence-electron chi connectivity index (χ1n) is 5.64. The second kappa shape index (κ2) is 6.96. The van der Waals surface area contributed by atoms with E-state index in [1.54, 1.807) is 0 Å². The highest BCUT2D eigenvalue weighted by Gasteiger charge is 2.14. The fourth-order valence-corrected chi connectivity index (χ4v) is 1.68. The van der Waals surface area contributed by atoms with Gasteiger partial charge in [0, 0.05) is 25.4 Å². The summed E-state index contributed by atoms with van der Waals surface area (Å²) >= 11 is 5.86. The molecular formula is C12H15ClN2O3. The highest BCUT2D eigenvalue weighted by molar-refractivity contribution is 6.33. The monoisotopic (exact) mass is 270 g/mol. The van der Waals surface area contributed by atoms with Crippen molar-refractivity contribution >= 4 is 23.5 Å². The highest BCUT2D eigenvalue weighted by Crippen LogP contribution is 2.13. The van der Waals surface area contributed by atoms with Crippen molar-refractivity contribution < 1.29 is 14.7 Å². The number of hydrogen-bond acceptors (Lipinski definition) is 3. The average Bonchev–Trinajstić information content (AvgIpc) is 2.34. The molecule has 2 N–H and O–H groups in total. The lowest BCUT2D eigenvalue weighted by molar-refractivity contribution is -0.138. The third-order valence-corrected chi connectivity index (χ3v) is 2.93. The first kappa shape index (κ1) is 14.4. The number of pyridine rings is 1. The summed E-state index contributed by atoms with van der Waals surface area (Å²) < 4.78 is 0. The molecule has 18 heavy (non-hydrogen) atoms. The van der Waals surface area contributed by atoms with E-state index >= 15 is 0 Å². The van der Waals surface area contributed by atoms with Crippen LogP contribution in [-0.2, 0) is 4.79 Å². The molecule has 6 heteroatoms. The first-order valence-corrected chi connectivity index (χ1v) is 6.01. The maximum Gasteiger partial charge on any atom is 0.303 e. The van der Waals surface area contributed by atoms with Crippen molar-refractivity contribution in [2.45, 2.75) is 19.8 Å². The van der Waals surface area contributed by atoms with E-state index in [1.807, 2.05) is 6.92 Å². The Hall–Kier alpha value is -1.62. The zero-order chi connectivity index (χ0) is 13.5. The van der Waals surface area contributed by atoms with Crippen molar-refractivity contribution in [2.75, 3.05) is 6.54 Å². The van der Waals surface area contributed by atoms with Crippen LogP contribution in [0.3, 0.4) is 0 Å². The molecule has 5 nitrogen and oxygen atoms in total. The number of carbonyl (C=O) groups is 2. The largest absolute Gasteiger partial charge is 0.481 e. The molecule has 0 aliphatic carbocycles. The van der Waals surface area contributed by atoms with Crippen LogP contribution in [0.4, 0.5) is 0 Å². The first-order chi connectivity index (χ1) is 8.54. The molecule has 1 aromatic heterocycles. The normalized spacial score (nSPS) is 11.9. The number of nitrogens with one attached hydrogen (secondary N) is 1. The molecule has 0 spiro atoms. The summed E-state index contributed by atoms with van der Waals surface area (Å²) in [6, 6.07) is 1.53. The number of carboxylic acid groups (broad SMARTS) is 1. The predicted molar refractivity (Wildman–Crippen MR) is 67.6 cm³/mol. The van der Waals surface area contributed by atoms with E-state index in [0.29, 0.717) is 23.6 Å². The molecule has 0 aromatic carbocycles. The van der Waals surface area contributed by atoms with Crippen LogP contribution < -0.4 is 5.32 Å². The maximum atomic E-state index is 11.8. The number of rotatable bonds is 6. The van der Waals surface area contributed by atoms with Gasteiger partial charge in [0.2, 0.25) is 0 Å². The molecule has 0 aliphatic rings. The molecule has 1 heterocycles. The quantitative estimate of drug-likeness (QED) is 0.828. The third kappa shape index (κ3) is 4.33. The molecule has 0 aliphatic heterocycles. The summed E-state index contributed by atoms with van der Waals surface area (Å²) in [5.41, 5.74) is 0.296. The Morgan fingerprint density at radius 1 is 1.56 bits per heavy atom. The Kier molecular flexibility index (Phi) is 5.58. The summed E-state index contributed by atoms with van der Waals surface area (Å²) in [7, 11) is 0. The minimum atomic E-state index is -0.865. The van der Waals surface area contributed by atoms with E-state index in [-0.39, 0.29) is 18.2 Å².